The van der Waals surface area contributed by atoms with Gasteiger partial charge in [-0.15, -0.1) is 0 Å². The highest BCUT2D eigenvalue weighted by atomic mass is 35.5. The lowest BCUT2D eigenvalue weighted by Crippen LogP contribution is -2.38. The number of carbonyl (C=O) groups excluding carboxylic acids is 2. The molecule has 0 radical (unpaired) electrons. The van der Waals surface area contributed by atoms with Crippen molar-refractivity contribution in [2.45, 2.75) is 19.9 Å². The molecule has 0 saturated heterocycles. The van der Waals surface area contributed by atoms with E-state index in [1.807, 2.05) is 12.1 Å². The van der Waals surface area contributed by atoms with Crippen LogP contribution in [0.1, 0.15) is 19.4 Å². The normalized spacial score (nSPS) is 12.2. The topological polar surface area (TPSA) is 55.4 Å². The summed E-state index contributed by atoms with van der Waals surface area (Å²) >= 11 is 5.95. The summed E-state index contributed by atoms with van der Waals surface area (Å²) in [5.41, 5.74) is 0.739. The number of carbonyl (C=O) groups is 2. The molecule has 0 spiro atoms. The van der Waals surface area contributed by atoms with E-state index >= 15 is 0 Å². The molecule has 102 valence electrons. The van der Waals surface area contributed by atoms with Gasteiger partial charge >= 0.3 is 5.97 Å². The molecule has 0 aromatic heterocycles. The molecule has 1 unspecified atom stereocenters. The zero-order valence-electron chi connectivity index (χ0n) is 10.9. The van der Waals surface area contributed by atoms with Gasteiger partial charge in [0.25, 0.3) is 0 Å². The maximum Gasteiger partial charge on any atom is 0.328 e. The van der Waals surface area contributed by atoms with Gasteiger partial charge in [-0.1, -0.05) is 29.8 Å². The van der Waals surface area contributed by atoms with Gasteiger partial charge in [0.1, 0.15) is 6.04 Å². The highest BCUT2D eigenvalue weighted by Gasteiger charge is 2.14. The van der Waals surface area contributed by atoms with E-state index in [9.17, 15) is 9.59 Å². The third kappa shape index (κ3) is 5.14. The Morgan fingerprint density at radius 2 is 2.11 bits per heavy atom. The molecule has 0 aliphatic rings. The van der Waals surface area contributed by atoms with Gasteiger partial charge in [0.15, 0.2) is 0 Å². The molecule has 1 aromatic carbocycles. The predicted molar refractivity (Wildman–Crippen MR) is 74.7 cm³/mol. The third-order valence-corrected chi connectivity index (χ3v) is 2.66. The van der Waals surface area contributed by atoms with Crippen LogP contribution in [-0.2, 0) is 14.3 Å². The molecule has 0 saturated carbocycles. The van der Waals surface area contributed by atoms with E-state index < -0.39 is 12.0 Å². The van der Waals surface area contributed by atoms with Gasteiger partial charge < -0.3 is 10.1 Å². The van der Waals surface area contributed by atoms with E-state index in [1.165, 1.54) is 6.08 Å². The number of benzene rings is 1. The molecule has 0 fully saturated rings. The number of hydrogen-bond donors (Lipinski definition) is 1. The zero-order valence-corrected chi connectivity index (χ0v) is 11.6. The van der Waals surface area contributed by atoms with Crippen molar-refractivity contribution in [3.8, 4) is 0 Å². The second-order valence-electron chi connectivity index (χ2n) is 3.84. The number of amides is 1. The Balaban J connectivity index is 2.56. The lowest BCUT2D eigenvalue weighted by Gasteiger charge is -2.10. The zero-order chi connectivity index (χ0) is 14.3. The van der Waals surface area contributed by atoms with Crippen molar-refractivity contribution in [2.75, 3.05) is 6.61 Å². The fourth-order valence-corrected chi connectivity index (χ4v) is 1.56. The minimum atomic E-state index is -0.677. The van der Waals surface area contributed by atoms with Crippen LogP contribution in [0.3, 0.4) is 0 Å². The SMILES string of the molecule is CCOC(=O)C(C)NC(=O)/C=C/c1ccccc1Cl. The van der Waals surface area contributed by atoms with Crippen molar-refractivity contribution in [1.29, 1.82) is 0 Å². The minimum Gasteiger partial charge on any atom is -0.464 e. The van der Waals surface area contributed by atoms with Crippen LogP contribution in [0.4, 0.5) is 0 Å². The molecule has 1 atom stereocenters. The minimum absolute atomic E-state index is 0.286. The number of esters is 1. The molecule has 4 nitrogen and oxygen atoms in total. The van der Waals surface area contributed by atoms with E-state index in [4.69, 9.17) is 16.3 Å². The van der Waals surface area contributed by atoms with Crippen LogP contribution in [0, 0.1) is 0 Å². The summed E-state index contributed by atoms with van der Waals surface area (Å²) in [6, 6.07) is 6.48. The first-order chi connectivity index (χ1) is 9.04. The van der Waals surface area contributed by atoms with Gasteiger partial charge in [-0.05, 0) is 31.6 Å². The monoisotopic (exact) mass is 281 g/mol. The molecule has 19 heavy (non-hydrogen) atoms. The molecule has 1 rings (SSSR count). The lowest BCUT2D eigenvalue weighted by molar-refractivity contribution is -0.146. The first kappa shape index (κ1) is 15.2. The quantitative estimate of drug-likeness (QED) is 0.666. The summed E-state index contributed by atoms with van der Waals surface area (Å²) in [5, 5.41) is 3.07. The van der Waals surface area contributed by atoms with Gasteiger partial charge in [-0.3, -0.25) is 4.79 Å². The van der Waals surface area contributed by atoms with E-state index in [-0.39, 0.29) is 12.5 Å². The maximum atomic E-state index is 11.6. The van der Waals surface area contributed by atoms with E-state index in [1.54, 1.807) is 32.1 Å². The summed E-state index contributed by atoms with van der Waals surface area (Å²) in [7, 11) is 0. The second-order valence-corrected chi connectivity index (χ2v) is 4.24. The molecule has 0 aliphatic carbocycles. The van der Waals surface area contributed by atoms with E-state index in [0.29, 0.717) is 5.02 Å². The fraction of sp³-hybridized carbons (Fsp3) is 0.286. The number of nitrogens with one attached hydrogen (secondary N) is 1. The number of hydrogen-bond acceptors (Lipinski definition) is 3. The van der Waals surface area contributed by atoms with Crippen LogP contribution < -0.4 is 5.32 Å². The van der Waals surface area contributed by atoms with Crippen LogP contribution in [0.25, 0.3) is 6.08 Å². The molecular weight excluding hydrogens is 266 g/mol. The first-order valence-corrected chi connectivity index (χ1v) is 6.32. The lowest BCUT2D eigenvalue weighted by atomic mass is 10.2. The Hall–Kier alpha value is -1.81. The van der Waals surface area contributed by atoms with Crippen molar-refractivity contribution in [2.24, 2.45) is 0 Å². The van der Waals surface area contributed by atoms with Crippen molar-refractivity contribution in [1.82, 2.24) is 5.32 Å². The fourth-order valence-electron chi connectivity index (χ4n) is 1.36. The standard InChI is InChI=1S/C14H16ClNO3/c1-3-19-14(18)10(2)16-13(17)9-8-11-6-4-5-7-12(11)15/h4-10H,3H2,1-2H3,(H,16,17)/b9-8+. The molecule has 1 amide bonds. The molecule has 0 aliphatic heterocycles. The van der Waals surface area contributed by atoms with Gasteiger partial charge in [0.2, 0.25) is 5.91 Å². The summed E-state index contributed by atoms with van der Waals surface area (Å²) in [4.78, 5) is 22.9. The third-order valence-electron chi connectivity index (χ3n) is 2.32. The van der Waals surface area contributed by atoms with Crippen molar-refractivity contribution >= 4 is 29.6 Å². The van der Waals surface area contributed by atoms with Crippen LogP contribution in [0.5, 0.6) is 0 Å². The first-order valence-electron chi connectivity index (χ1n) is 5.94. The van der Waals surface area contributed by atoms with Crippen LogP contribution in [-0.4, -0.2) is 24.5 Å². The van der Waals surface area contributed by atoms with Crippen molar-refractivity contribution < 1.29 is 14.3 Å². The maximum absolute atomic E-state index is 11.6. The summed E-state index contributed by atoms with van der Waals surface area (Å²) in [6.07, 6.45) is 2.92. The van der Waals surface area contributed by atoms with E-state index in [2.05, 4.69) is 5.32 Å². The van der Waals surface area contributed by atoms with Crippen molar-refractivity contribution in [3.63, 3.8) is 0 Å². The Kier molecular flexibility index (Phi) is 6.09. The molecule has 0 bridgehead atoms. The highest BCUT2D eigenvalue weighted by Crippen LogP contribution is 2.15. The number of ether oxygens (including phenoxy) is 1. The van der Waals surface area contributed by atoms with Crippen LogP contribution in [0.15, 0.2) is 30.3 Å². The Morgan fingerprint density at radius 3 is 2.74 bits per heavy atom. The van der Waals surface area contributed by atoms with Gasteiger partial charge in [-0.25, -0.2) is 4.79 Å². The average Bonchev–Trinajstić information content (AvgIpc) is 2.38. The predicted octanol–water partition coefficient (Wildman–Crippen LogP) is 2.42. The summed E-state index contributed by atoms with van der Waals surface area (Å²) in [5.74, 6) is -0.831. The second kappa shape index (κ2) is 7.59. The van der Waals surface area contributed by atoms with Gasteiger partial charge in [0, 0.05) is 11.1 Å². The molecule has 0 heterocycles. The largest absolute Gasteiger partial charge is 0.464 e. The smallest absolute Gasteiger partial charge is 0.328 e. The van der Waals surface area contributed by atoms with Gasteiger partial charge in [0.05, 0.1) is 6.61 Å². The molecule has 5 heteroatoms. The van der Waals surface area contributed by atoms with Crippen LogP contribution in [0.2, 0.25) is 5.02 Å². The Labute approximate surface area is 117 Å². The Bertz CT molecular complexity index is 485. The number of rotatable bonds is 5. The molecule has 1 aromatic rings. The Morgan fingerprint density at radius 1 is 1.42 bits per heavy atom. The highest BCUT2D eigenvalue weighted by molar-refractivity contribution is 6.32. The molecule has 1 N–H and O–H groups in total. The average molecular weight is 282 g/mol. The van der Waals surface area contributed by atoms with E-state index in [0.717, 1.165) is 5.56 Å². The summed E-state index contributed by atoms with van der Waals surface area (Å²) in [6.45, 7) is 3.57. The number of halogens is 1. The summed E-state index contributed by atoms with van der Waals surface area (Å²) < 4.78 is 4.79. The van der Waals surface area contributed by atoms with Crippen LogP contribution >= 0.6 is 11.6 Å². The van der Waals surface area contributed by atoms with Gasteiger partial charge in [-0.2, -0.15) is 0 Å². The van der Waals surface area contributed by atoms with Crippen molar-refractivity contribution in [3.05, 3.63) is 40.9 Å². The molecular formula is C14H16ClNO3.